The number of allylic oxidation sites excluding steroid dienone is 2. The van der Waals surface area contributed by atoms with Crippen LogP contribution in [0.2, 0.25) is 0 Å². The van der Waals surface area contributed by atoms with Crippen LogP contribution < -0.4 is 0 Å². The van der Waals surface area contributed by atoms with Crippen molar-refractivity contribution >= 4 is 0 Å². The molecule has 0 spiro atoms. The molecule has 0 N–H and O–H groups in total. The van der Waals surface area contributed by atoms with E-state index in [4.69, 9.17) is 0 Å². The van der Waals surface area contributed by atoms with Crippen molar-refractivity contribution in [3.63, 3.8) is 0 Å². The van der Waals surface area contributed by atoms with Gasteiger partial charge >= 0.3 is 0 Å². The van der Waals surface area contributed by atoms with Crippen molar-refractivity contribution in [2.45, 2.75) is 65.7 Å². The first-order valence-electron chi connectivity index (χ1n) is 6.89. The first kappa shape index (κ1) is 12.8. The maximum atomic E-state index is 2.46. The molecule has 3 unspecified atom stereocenters. The van der Waals surface area contributed by atoms with Crippen molar-refractivity contribution in [1.82, 2.24) is 0 Å². The van der Waals surface area contributed by atoms with Gasteiger partial charge in [-0.25, -0.2) is 0 Å². The molecule has 0 radical (unpaired) electrons. The second-order valence-electron chi connectivity index (χ2n) is 5.50. The fourth-order valence-electron chi connectivity index (χ4n) is 2.83. The van der Waals surface area contributed by atoms with Gasteiger partial charge in [-0.15, -0.1) is 0 Å². The molecule has 0 saturated heterocycles. The molecule has 0 bridgehead atoms. The third-order valence-electron chi connectivity index (χ3n) is 3.94. The maximum absolute atomic E-state index is 2.46. The van der Waals surface area contributed by atoms with E-state index in [-0.39, 0.29) is 0 Å². The third-order valence-corrected chi connectivity index (χ3v) is 3.94. The minimum Gasteiger partial charge on any atom is -0.0885 e. The Bertz CT molecular complexity index is 180. The van der Waals surface area contributed by atoms with Gasteiger partial charge < -0.3 is 0 Å². The van der Waals surface area contributed by atoms with Crippen LogP contribution in [0, 0.1) is 17.8 Å². The fourth-order valence-corrected chi connectivity index (χ4v) is 2.83. The molecule has 0 aromatic rings. The predicted molar refractivity (Wildman–Crippen MR) is 69.0 cm³/mol. The molecule has 0 saturated carbocycles. The number of hydrogen-bond acceptors (Lipinski definition) is 0. The highest BCUT2D eigenvalue weighted by atomic mass is 14.2. The number of rotatable bonds is 6. The largest absolute Gasteiger partial charge is 0.0885 e. The Morgan fingerprint density at radius 2 is 2.07 bits per heavy atom. The minimum atomic E-state index is 0.932. The first-order valence-corrected chi connectivity index (χ1v) is 6.89. The normalized spacial score (nSPS) is 25.1. The van der Waals surface area contributed by atoms with Gasteiger partial charge in [-0.05, 0) is 43.4 Å². The van der Waals surface area contributed by atoms with Crippen LogP contribution in [0.3, 0.4) is 0 Å². The Morgan fingerprint density at radius 3 is 2.67 bits per heavy atom. The van der Waals surface area contributed by atoms with E-state index in [1.807, 2.05) is 0 Å². The van der Waals surface area contributed by atoms with E-state index in [0.717, 1.165) is 17.8 Å². The lowest BCUT2D eigenvalue weighted by atomic mass is 9.79. The fraction of sp³-hybridized carbons (Fsp3) is 0.867. The Balaban J connectivity index is 2.21. The average Bonchev–Trinajstić information content (AvgIpc) is 2.27. The Hall–Kier alpha value is -0.260. The monoisotopic (exact) mass is 208 g/mol. The van der Waals surface area contributed by atoms with E-state index in [0.29, 0.717) is 0 Å². The topological polar surface area (TPSA) is 0 Å². The van der Waals surface area contributed by atoms with E-state index in [1.165, 1.54) is 44.9 Å². The second-order valence-corrected chi connectivity index (χ2v) is 5.50. The van der Waals surface area contributed by atoms with Crippen LogP contribution >= 0.6 is 0 Å². The number of unbranched alkanes of at least 4 members (excludes halogenated alkanes) is 1. The molecule has 0 aromatic carbocycles. The van der Waals surface area contributed by atoms with E-state index in [1.54, 1.807) is 0 Å². The highest BCUT2D eigenvalue weighted by Gasteiger charge is 2.19. The predicted octanol–water partition coefficient (Wildman–Crippen LogP) is 5.20. The Labute approximate surface area is 96.2 Å². The lowest BCUT2D eigenvalue weighted by Crippen LogP contribution is -2.15. The van der Waals surface area contributed by atoms with Gasteiger partial charge in [0, 0.05) is 0 Å². The van der Waals surface area contributed by atoms with Crippen molar-refractivity contribution in [2.75, 3.05) is 0 Å². The van der Waals surface area contributed by atoms with Crippen LogP contribution in [0.1, 0.15) is 65.7 Å². The van der Waals surface area contributed by atoms with Crippen molar-refractivity contribution < 1.29 is 0 Å². The summed E-state index contributed by atoms with van der Waals surface area (Å²) >= 11 is 0. The molecule has 1 rings (SSSR count). The van der Waals surface area contributed by atoms with E-state index < -0.39 is 0 Å². The van der Waals surface area contributed by atoms with Crippen LogP contribution in [0.5, 0.6) is 0 Å². The van der Waals surface area contributed by atoms with Crippen molar-refractivity contribution in [2.24, 2.45) is 17.8 Å². The summed E-state index contributed by atoms with van der Waals surface area (Å²) in [5.74, 6) is 2.84. The van der Waals surface area contributed by atoms with Gasteiger partial charge in [-0.3, -0.25) is 0 Å². The molecular weight excluding hydrogens is 180 g/mol. The van der Waals surface area contributed by atoms with Crippen LogP contribution in [0.15, 0.2) is 12.2 Å². The van der Waals surface area contributed by atoms with Crippen LogP contribution in [0.25, 0.3) is 0 Å². The third kappa shape index (κ3) is 4.86. The molecule has 0 aromatic heterocycles. The minimum absolute atomic E-state index is 0.932. The van der Waals surface area contributed by atoms with Crippen LogP contribution in [0.4, 0.5) is 0 Å². The van der Waals surface area contributed by atoms with Gasteiger partial charge in [0.25, 0.3) is 0 Å². The molecule has 0 fully saturated rings. The zero-order valence-electron chi connectivity index (χ0n) is 10.8. The van der Waals surface area contributed by atoms with Gasteiger partial charge in [0.1, 0.15) is 0 Å². The van der Waals surface area contributed by atoms with E-state index >= 15 is 0 Å². The van der Waals surface area contributed by atoms with Gasteiger partial charge in [0.05, 0.1) is 0 Å². The van der Waals surface area contributed by atoms with Crippen molar-refractivity contribution in [3.8, 4) is 0 Å². The molecular formula is C15H28. The van der Waals surface area contributed by atoms with Gasteiger partial charge in [0.2, 0.25) is 0 Å². The van der Waals surface area contributed by atoms with Gasteiger partial charge in [-0.1, -0.05) is 52.2 Å². The molecule has 3 atom stereocenters. The number of hydrogen-bond donors (Lipinski definition) is 0. The second kappa shape index (κ2) is 7.09. The zero-order valence-corrected chi connectivity index (χ0v) is 10.8. The Morgan fingerprint density at radius 1 is 1.27 bits per heavy atom. The zero-order chi connectivity index (χ0) is 11.1. The molecule has 1 aliphatic carbocycles. The molecule has 1 aliphatic rings. The van der Waals surface area contributed by atoms with Crippen molar-refractivity contribution in [3.05, 3.63) is 12.2 Å². The maximum Gasteiger partial charge on any atom is -0.0320 e. The summed E-state index contributed by atoms with van der Waals surface area (Å²) in [6, 6.07) is 0. The van der Waals surface area contributed by atoms with Crippen molar-refractivity contribution in [1.29, 1.82) is 0 Å². The summed E-state index contributed by atoms with van der Waals surface area (Å²) in [6.07, 6.45) is 14.5. The quantitative estimate of drug-likeness (QED) is 0.527. The van der Waals surface area contributed by atoms with Crippen LogP contribution in [-0.2, 0) is 0 Å². The SMILES string of the molecule is CCCCC(C)CC(C)C1CC=CCC1. The van der Waals surface area contributed by atoms with Crippen LogP contribution in [-0.4, -0.2) is 0 Å². The summed E-state index contributed by atoms with van der Waals surface area (Å²) in [5, 5.41) is 0. The molecule has 0 amide bonds. The molecule has 15 heavy (non-hydrogen) atoms. The first-order chi connectivity index (χ1) is 7.24. The summed E-state index contributed by atoms with van der Waals surface area (Å²) in [7, 11) is 0. The Kier molecular flexibility index (Phi) is 6.05. The molecule has 0 aliphatic heterocycles. The molecule has 88 valence electrons. The lowest BCUT2D eigenvalue weighted by Gasteiger charge is -2.27. The molecule has 0 nitrogen and oxygen atoms in total. The molecule has 0 heterocycles. The highest BCUT2D eigenvalue weighted by Crippen LogP contribution is 2.31. The van der Waals surface area contributed by atoms with Gasteiger partial charge in [0.15, 0.2) is 0 Å². The van der Waals surface area contributed by atoms with E-state index in [2.05, 4.69) is 32.9 Å². The average molecular weight is 208 g/mol. The summed E-state index contributed by atoms with van der Waals surface area (Å²) < 4.78 is 0. The summed E-state index contributed by atoms with van der Waals surface area (Å²) in [5.41, 5.74) is 0. The van der Waals surface area contributed by atoms with E-state index in [9.17, 15) is 0 Å². The standard InChI is InChI=1S/C15H28/c1-4-5-9-13(2)12-14(3)15-10-7-6-8-11-15/h6-7,13-15H,4-5,8-12H2,1-3H3. The van der Waals surface area contributed by atoms with Gasteiger partial charge in [-0.2, -0.15) is 0 Å². The smallest absolute Gasteiger partial charge is 0.0320 e. The lowest BCUT2D eigenvalue weighted by molar-refractivity contribution is 0.269. The summed E-state index contributed by atoms with van der Waals surface area (Å²) in [6.45, 7) is 7.19. The molecule has 0 heteroatoms. The summed E-state index contributed by atoms with van der Waals surface area (Å²) in [4.78, 5) is 0. The highest BCUT2D eigenvalue weighted by molar-refractivity contribution is 4.91.